The molecule has 3 atom stereocenters. The minimum atomic E-state index is -1.89. The van der Waals surface area contributed by atoms with Crippen molar-refractivity contribution in [2.24, 2.45) is 0 Å². The van der Waals surface area contributed by atoms with E-state index in [1.54, 1.807) is 23.5 Å². The average Bonchev–Trinajstić information content (AvgIpc) is 3.53. The summed E-state index contributed by atoms with van der Waals surface area (Å²) >= 11 is 1.61. The lowest BCUT2D eigenvalue weighted by Crippen LogP contribution is -2.50. The molecule has 2 aromatic carbocycles. The molecule has 1 fully saturated rings. The van der Waals surface area contributed by atoms with Crippen molar-refractivity contribution in [3.05, 3.63) is 93.4 Å². The zero-order chi connectivity index (χ0) is 24.8. The standard InChI is InChI=1S/C27H29FN2O4S/c28-21-9-4-8-20(16-21)23-10-5-13-30(23)27(34)25(32)24(31)26(33)29-12-11-22-15-19(17-35-22)14-18-6-2-1-3-7-18/h1-4,6-9,15-17,23-25,31-32H,5,10-14H2,(H,29,33)/t23?,24-,25-/m1/s1. The number of carbonyl (C=O) groups is 2. The Bertz CT molecular complexity index is 1150. The van der Waals surface area contributed by atoms with Gasteiger partial charge in [0.1, 0.15) is 5.82 Å². The van der Waals surface area contributed by atoms with Crippen LogP contribution in [-0.2, 0) is 22.4 Å². The van der Waals surface area contributed by atoms with Crippen molar-refractivity contribution in [3.63, 3.8) is 0 Å². The average molecular weight is 497 g/mol. The third kappa shape index (κ3) is 6.33. The van der Waals surface area contributed by atoms with Crippen molar-refractivity contribution in [2.45, 2.75) is 43.9 Å². The van der Waals surface area contributed by atoms with E-state index in [-0.39, 0.29) is 6.54 Å². The van der Waals surface area contributed by atoms with Gasteiger partial charge in [-0.05, 0) is 66.0 Å². The predicted molar refractivity (Wildman–Crippen MR) is 132 cm³/mol. The molecule has 1 unspecified atom stereocenters. The lowest BCUT2D eigenvalue weighted by atomic mass is 10.0. The highest BCUT2D eigenvalue weighted by atomic mass is 32.1. The number of amides is 2. The van der Waals surface area contributed by atoms with Gasteiger partial charge < -0.3 is 20.4 Å². The molecule has 1 saturated heterocycles. The van der Waals surface area contributed by atoms with Crippen molar-refractivity contribution < 1.29 is 24.2 Å². The first-order valence-electron chi connectivity index (χ1n) is 11.7. The van der Waals surface area contributed by atoms with E-state index < -0.39 is 35.9 Å². The third-order valence-corrected chi connectivity index (χ3v) is 7.27. The van der Waals surface area contributed by atoms with Crippen LogP contribution in [0.2, 0.25) is 0 Å². The summed E-state index contributed by atoms with van der Waals surface area (Å²) in [6, 6.07) is 17.8. The maximum absolute atomic E-state index is 13.6. The van der Waals surface area contributed by atoms with Crippen LogP contribution in [-0.4, -0.2) is 52.2 Å². The Hall–Kier alpha value is -3.07. The second-order valence-electron chi connectivity index (χ2n) is 8.76. The fraction of sp³-hybridized carbons (Fsp3) is 0.333. The molecule has 1 aliphatic heterocycles. The van der Waals surface area contributed by atoms with Gasteiger partial charge in [0.2, 0.25) is 0 Å². The SMILES string of the molecule is O=C(NCCc1cc(Cc2ccccc2)cs1)[C@H](O)[C@@H](O)C(=O)N1CCCC1c1cccc(F)c1. The number of benzene rings is 2. The Morgan fingerprint density at radius 3 is 2.63 bits per heavy atom. The minimum absolute atomic E-state index is 0.276. The van der Waals surface area contributed by atoms with Gasteiger partial charge in [0, 0.05) is 18.0 Å². The summed E-state index contributed by atoms with van der Waals surface area (Å²) in [6.07, 6.45) is -1.04. The van der Waals surface area contributed by atoms with E-state index in [0.717, 1.165) is 11.3 Å². The largest absolute Gasteiger partial charge is 0.380 e. The first-order chi connectivity index (χ1) is 16.9. The van der Waals surface area contributed by atoms with Crippen molar-refractivity contribution in [1.82, 2.24) is 10.2 Å². The van der Waals surface area contributed by atoms with Crippen LogP contribution in [0.3, 0.4) is 0 Å². The Morgan fingerprint density at radius 1 is 1.06 bits per heavy atom. The number of halogens is 1. The number of hydrogen-bond acceptors (Lipinski definition) is 5. The first kappa shape index (κ1) is 25.0. The monoisotopic (exact) mass is 496 g/mol. The molecule has 0 bridgehead atoms. The van der Waals surface area contributed by atoms with Crippen LogP contribution in [0.15, 0.2) is 66.0 Å². The zero-order valence-corrected chi connectivity index (χ0v) is 20.1. The Kier molecular flexibility index (Phi) is 8.28. The molecule has 2 amide bonds. The van der Waals surface area contributed by atoms with Gasteiger partial charge >= 0.3 is 0 Å². The van der Waals surface area contributed by atoms with Crippen LogP contribution in [0, 0.1) is 5.82 Å². The van der Waals surface area contributed by atoms with E-state index in [0.29, 0.717) is 31.4 Å². The number of hydrogen-bond donors (Lipinski definition) is 3. The molecule has 0 radical (unpaired) electrons. The molecule has 184 valence electrons. The molecule has 35 heavy (non-hydrogen) atoms. The summed E-state index contributed by atoms with van der Waals surface area (Å²) in [4.78, 5) is 27.8. The van der Waals surface area contributed by atoms with Crippen molar-refractivity contribution >= 4 is 23.2 Å². The second-order valence-corrected chi connectivity index (χ2v) is 9.75. The lowest BCUT2D eigenvalue weighted by Gasteiger charge is -2.28. The quantitative estimate of drug-likeness (QED) is 0.424. The lowest BCUT2D eigenvalue weighted by molar-refractivity contribution is -0.153. The van der Waals surface area contributed by atoms with E-state index in [9.17, 15) is 24.2 Å². The number of likely N-dealkylation sites (tertiary alicyclic amines) is 1. The molecule has 3 aromatic rings. The topological polar surface area (TPSA) is 89.9 Å². The number of nitrogens with zero attached hydrogens (tertiary/aromatic N) is 1. The van der Waals surface area contributed by atoms with Crippen LogP contribution in [0.5, 0.6) is 0 Å². The smallest absolute Gasteiger partial charge is 0.255 e. The van der Waals surface area contributed by atoms with Crippen LogP contribution in [0.1, 0.15) is 40.5 Å². The number of aliphatic hydroxyl groups excluding tert-OH is 2. The number of rotatable bonds is 9. The van der Waals surface area contributed by atoms with Crippen molar-refractivity contribution in [3.8, 4) is 0 Å². The van der Waals surface area contributed by atoms with Gasteiger partial charge in [-0.2, -0.15) is 0 Å². The van der Waals surface area contributed by atoms with E-state index in [1.165, 1.54) is 28.2 Å². The van der Waals surface area contributed by atoms with Gasteiger partial charge in [0.15, 0.2) is 12.2 Å². The molecule has 4 rings (SSSR count). The highest BCUT2D eigenvalue weighted by molar-refractivity contribution is 7.10. The van der Waals surface area contributed by atoms with Gasteiger partial charge in [-0.3, -0.25) is 9.59 Å². The molecular formula is C27H29FN2O4S. The molecule has 2 heterocycles. The van der Waals surface area contributed by atoms with Crippen molar-refractivity contribution in [2.75, 3.05) is 13.1 Å². The van der Waals surface area contributed by atoms with Gasteiger partial charge in [-0.15, -0.1) is 11.3 Å². The molecule has 1 aromatic heterocycles. The first-order valence-corrected chi connectivity index (χ1v) is 12.6. The predicted octanol–water partition coefficient (Wildman–Crippen LogP) is 3.22. The summed E-state index contributed by atoms with van der Waals surface area (Å²) < 4.78 is 13.6. The van der Waals surface area contributed by atoms with E-state index in [4.69, 9.17) is 0 Å². The second kappa shape index (κ2) is 11.6. The maximum atomic E-state index is 13.6. The third-order valence-electron chi connectivity index (χ3n) is 6.22. The van der Waals surface area contributed by atoms with Crippen LogP contribution in [0.4, 0.5) is 4.39 Å². The minimum Gasteiger partial charge on any atom is -0.380 e. The molecule has 0 spiro atoms. The number of aliphatic hydroxyl groups is 2. The zero-order valence-electron chi connectivity index (χ0n) is 19.3. The van der Waals surface area contributed by atoms with Gasteiger partial charge in [-0.25, -0.2) is 4.39 Å². The van der Waals surface area contributed by atoms with Gasteiger partial charge in [0.25, 0.3) is 11.8 Å². The van der Waals surface area contributed by atoms with E-state index in [1.807, 2.05) is 18.2 Å². The highest BCUT2D eigenvalue weighted by Gasteiger charge is 2.38. The maximum Gasteiger partial charge on any atom is 0.255 e. The fourth-order valence-corrected chi connectivity index (χ4v) is 5.33. The van der Waals surface area contributed by atoms with Crippen LogP contribution >= 0.6 is 11.3 Å². The summed E-state index contributed by atoms with van der Waals surface area (Å²) in [6.45, 7) is 0.646. The summed E-state index contributed by atoms with van der Waals surface area (Å²) in [5, 5.41) is 25.4. The summed E-state index contributed by atoms with van der Waals surface area (Å²) in [5.41, 5.74) is 3.05. The molecule has 8 heteroatoms. The van der Waals surface area contributed by atoms with Crippen LogP contribution < -0.4 is 5.32 Å². The fourth-order valence-electron chi connectivity index (χ4n) is 4.43. The molecular weight excluding hydrogens is 467 g/mol. The Balaban J connectivity index is 1.27. The Labute approximate surface area is 208 Å². The normalized spacial score (nSPS) is 17.2. The molecule has 6 nitrogen and oxygen atoms in total. The number of thiophene rings is 1. The highest BCUT2D eigenvalue weighted by Crippen LogP contribution is 2.33. The summed E-state index contributed by atoms with van der Waals surface area (Å²) in [5.74, 6) is -1.93. The molecule has 3 N–H and O–H groups in total. The summed E-state index contributed by atoms with van der Waals surface area (Å²) in [7, 11) is 0. The van der Waals surface area contributed by atoms with Gasteiger partial charge in [0.05, 0.1) is 6.04 Å². The van der Waals surface area contributed by atoms with Crippen LogP contribution in [0.25, 0.3) is 0 Å². The molecule has 1 aliphatic rings. The Morgan fingerprint density at radius 2 is 1.86 bits per heavy atom. The van der Waals surface area contributed by atoms with E-state index >= 15 is 0 Å². The number of carbonyl (C=O) groups excluding carboxylic acids is 2. The van der Waals surface area contributed by atoms with Crippen molar-refractivity contribution in [1.29, 1.82) is 0 Å². The van der Waals surface area contributed by atoms with Gasteiger partial charge in [-0.1, -0.05) is 42.5 Å². The molecule has 0 aliphatic carbocycles. The van der Waals surface area contributed by atoms with E-state index in [2.05, 4.69) is 28.9 Å². The number of nitrogens with one attached hydrogen (secondary N) is 1. The molecule has 0 saturated carbocycles.